The Balaban J connectivity index is 2.24. The third kappa shape index (κ3) is 2.51. The standard InChI is InChI=1S/C13H13N3O4/c1-6-7(2)16-20-12(6)15-11(17)10-5-4-9(13(18)19)8(3)14-10/h4-5H,1-3H3,(H,15,17)(H,18,19). The third-order valence-corrected chi connectivity index (χ3v) is 2.93. The minimum absolute atomic E-state index is 0.0632. The molecule has 0 aromatic carbocycles. The quantitative estimate of drug-likeness (QED) is 0.886. The second-order valence-corrected chi connectivity index (χ2v) is 4.31. The molecule has 2 aromatic heterocycles. The minimum atomic E-state index is -1.08. The number of carboxylic acid groups (broad SMARTS) is 1. The molecule has 7 nitrogen and oxygen atoms in total. The van der Waals surface area contributed by atoms with Crippen LogP contribution < -0.4 is 5.32 Å². The van der Waals surface area contributed by atoms with Crippen molar-refractivity contribution in [2.24, 2.45) is 0 Å². The van der Waals surface area contributed by atoms with Gasteiger partial charge in [0.05, 0.1) is 17.0 Å². The van der Waals surface area contributed by atoms with Gasteiger partial charge in [-0.15, -0.1) is 0 Å². The molecule has 0 bridgehead atoms. The number of hydrogen-bond donors (Lipinski definition) is 2. The molecule has 0 saturated heterocycles. The van der Waals surface area contributed by atoms with Gasteiger partial charge in [0.25, 0.3) is 5.91 Å². The first-order chi connectivity index (χ1) is 9.40. The van der Waals surface area contributed by atoms with Crippen molar-refractivity contribution in [1.29, 1.82) is 0 Å². The molecule has 0 spiro atoms. The molecule has 0 fully saturated rings. The van der Waals surface area contributed by atoms with E-state index in [0.29, 0.717) is 5.69 Å². The third-order valence-electron chi connectivity index (χ3n) is 2.93. The largest absolute Gasteiger partial charge is 0.478 e. The SMILES string of the molecule is Cc1nc(C(=O)Nc2onc(C)c2C)ccc1C(=O)O. The van der Waals surface area contributed by atoms with E-state index in [1.165, 1.54) is 19.1 Å². The Bertz CT molecular complexity index is 691. The monoisotopic (exact) mass is 275 g/mol. The molecule has 0 saturated carbocycles. The van der Waals surface area contributed by atoms with Crippen LogP contribution in [0.15, 0.2) is 16.7 Å². The first kappa shape index (κ1) is 13.7. The van der Waals surface area contributed by atoms with E-state index in [0.717, 1.165) is 5.56 Å². The summed E-state index contributed by atoms with van der Waals surface area (Å²) in [5, 5.41) is 15.2. The molecule has 7 heteroatoms. The van der Waals surface area contributed by atoms with Crippen LogP contribution in [0.3, 0.4) is 0 Å². The smallest absolute Gasteiger partial charge is 0.337 e. The number of aromatic nitrogens is 2. The molecule has 1 amide bonds. The number of carbonyl (C=O) groups is 2. The van der Waals surface area contributed by atoms with E-state index in [1.807, 2.05) is 0 Å². The normalized spacial score (nSPS) is 10.3. The molecular formula is C13H13N3O4. The molecular weight excluding hydrogens is 262 g/mol. The molecule has 0 unspecified atom stereocenters. The summed E-state index contributed by atoms with van der Waals surface area (Å²) in [5.41, 5.74) is 1.87. The van der Waals surface area contributed by atoms with Gasteiger partial charge in [-0.3, -0.25) is 10.1 Å². The van der Waals surface area contributed by atoms with E-state index in [1.54, 1.807) is 13.8 Å². The van der Waals surface area contributed by atoms with Gasteiger partial charge in [-0.2, -0.15) is 0 Å². The lowest BCUT2D eigenvalue weighted by molar-refractivity contribution is 0.0695. The number of aromatic carboxylic acids is 1. The summed E-state index contributed by atoms with van der Waals surface area (Å²) in [4.78, 5) is 26.8. The highest BCUT2D eigenvalue weighted by Gasteiger charge is 2.16. The minimum Gasteiger partial charge on any atom is -0.478 e. The van der Waals surface area contributed by atoms with E-state index in [-0.39, 0.29) is 22.8 Å². The van der Waals surface area contributed by atoms with Crippen LogP contribution in [0, 0.1) is 20.8 Å². The van der Waals surface area contributed by atoms with Crippen molar-refractivity contribution in [3.63, 3.8) is 0 Å². The topological polar surface area (TPSA) is 105 Å². The van der Waals surface area contributed by atoms with Crippen molar-refractivity contribution >= 4 is 17.8 Å². The van der Waals surface area contributed by atoms with Crippen LogP contribution in [0.25, 0.3) is 0 Å². The molecule has 2 rings (SSSR count). The average molecular weight is 275 g/mol. The van der Waals surface area contributed by atoms with Crippen molar-refractivity contribution in [3.8, 4) is 0 Å². The number of rotatable bonds is 3. The van der Waals surface area contributed by atoms with Crippen LogP contribution in [-0.4, -0.2) is 27.1 Å². The summed E-state index contributed by atoms with van der Waals surface area (Å²) in [6.07, 6.45) is 0. The first-order valence-corrected chi connectivity index (χ1v) is 5.85. The van der Waals surface area contributed by atoms with Gasteiger partial charge in [-0.05, 0) is 32.9 Å². The fourth-order valence-electron chi connectivity index (χ4n) is 1.61. The maximum absolute atomic E-state index is 12.0. The van der Waals surface area contributed by atoms with E-state index in [9.17, 15) is 9.59 Å². The van der Waals surface area contributed by atoms with Gasteiger partial charge in [0.2, 0.25) is 5.88 Å². The number of nitrogens with one attached hydrogen (secondary N) is 1. The van der Waals surface area contributed by atoms with Gasteiger partial charge in [0.1, 0.15) is 5.69 Å². The van der Waals surface area contributed by atoms with E-state index >= 15 is 0 Å². The van der Waals surface area contributed by atoms with Gasteiger partial charge < -0.3 is 9.63 Å². The molecule has 104 valence electrons. The lowest BCUT2D eigenvalue weighted by Crippen LogP contribution is -2.15. The number of anilines is 1. The highest BCUT2D eigenvalue weighted by molar-refractivity contribution is 6.03. The van der Waals surface area contributed by atoms with Crippen molar-refractivity contribution in [1.82, 2.24) is 10.1 Å². The van der Waals surface area contributed by atoms with Gasteiger partial charge in [0.15, 0.2) is 0 Å². The maximum atomic E-state index is 12.0. The lowest BCUT2D eigenvalue weighted by Gasteiger charge is -2.04. The number of carbonyl (C=O) groups excluding carboxylic acids is 1. The molecule has 2 N–H and O–H groups in total. The first-order valence-electron chi connectivity index (χ1n) is 5.85. The van der Waals surface area contributed by atoms with Crippen LogP contribution in [0.2, 0.25) is 0 Å². The van der Waals surface area contributed by atoms with Crippen LogP contribution in [0.1, 0.15) is 37.8 Å². The van der Waals surface area contributed by atoms with Crippen molar-refractivity contribution in [2.75, 3.05) is 5.32 Å². The number of aryl methyl sites for hydroxylation is 2. The van der Waals surface area contributed by atoms with Crippen LogP contribution in [0.5, 0.6) is 0 Å². The summed E-state index contributed by atoms with van der Waals surface area (Å²) >= 11 is 0. The van der Waals surface area contributed by atoms with Crippen molar-refractivity contribution in [2.45, 2.75) is 20.8 Å². The van der Waals surface area contributed by atoms with E-state index < -0.39 is 11.9 Å². The summed E-state index contributed by atoms with van der Waals surface area (Å²) in [7, 11) is 0. The van der Waals surface area contributed by atoms with Gasteiger partial charge in [0, 0.05) is 5.56 Å². The average Bonchev–Trinajstić information content (AvgIpc) is 2.70. The van der Waals surface area contributed by atoms with Crippen LogP contribution in [-0.2, 0) is 0 Å². The summed E-state index contributed by atoms with van der Waals surface area (Å²) in [5.74, 6) is -1.30. The van der Waals surface area contributed by atoms with Crippen molar-refractivity contribution in [3.05, 3.63) is 40.3 Å². The Kier molecular flexibility index (Phi) is 3.51. The van der Waals surface area contributed by atoms with Crippen LogP contribution >= 0.6 is 0 Å². The van der Waals surface area contributed by atoms with Crippen molar-refractivity contribution < 1.29 is 19.2 Å². The fraction of sp³-hybridized carbons (Fsp3) is 0.231. The molecule has 0 aliphatic carbocycles. The molecule has 2 heterocycles. The summed E-state index contributed by atoms with van der Waals surface area (Å²) < 4.78 is 4.98. The summed E-state index contributed by atoms with van der Waals surface area (Å²) in [6.45, 7) is 5.07. The number of pyridine rings is 1. The number of nitrogens with zero attached hydrogens (tertiary/aromatic N) is 2. The van der Waals surface area contributed by atoms with Crippen LogP contribution in [0.4, 0.5) is 5.88 Å². The number of carboxylic acids is 1. The zero-order valence-electron chi connectivity index (χ0n) is 11.2. The zero-order chi connectivity index (χ0) is 14.9. The number of amides is 1. The van der Waals surface area contributed by atoms with E-state index in [4.69, 9.17) is 9.63 Å². The Hall–Kier alpha value is -2.70. The second-order valence-electron chi connectivity index (χ2n) is 4.31. The lowest BCUT2D eigenvalue weighted by atomic mass is 10.2. The molecule has 0 aliphatic heterocycles. The van der Waals surface area contributed by atoms with Gasteiger partial charge in [-0.1, -0.05) is 5.16 Å². The molecule has 0 radical (unpaired) electrons. The molecule has 2 aromatic rings. The molecule has 0 atom stereocenters. The molecule has 20 heavy (non-hydrogen) atoms. The molecule has 0 aliphatic rings. The zero-order valence-corrected chi connectivity index (χ0v) is 11.2. The highest BCUT2D eigenvalue weighted by Crippen LogP contribution is 2.18. The Morgan fingerprint density at radius 1 is 1.20 bits per heavy atom. The Morgan fingerprint density at radius 3 is 2.40 bits per heavy atom. The number of hydrogen-bond acceptors (Lipinski definition) is 5. The van der Waals surface area contributed by atoms with Gasteiger partial charge in [-0.25, -0.2) is 9.78 Å². The van der Waals surface area contributed by atoms with Gasteiger partial charge >= 0.3 is 5.97 Å². The Labute approximate surface area is 114 Å². The highest BCUT2D eigenvalue weighted by atomic mass is 16.5. The van der Waals surface area contributed by atoms with E-state index in [2.05, 4.69) is 15.5 Å². The predicted octanol–water partition coefficient (Wildman–Crippen LogP) is 1.95. The summed E-state index contributed by atoms with van der Waals surface area (Å²) in [6, 6.07) is 2.70. The fourth-order valence-corrected chi connectivity index (χ4v) is 1.61. The predicted molar refractivity (Wildman–Crippen MR) is 69.9 cm³/mol. The second kappa shape index (κ2) is 5.12. The Morgan fingerprint density at radius 2 is 1.90 bits per heavy atom. The maximum Gasteiger partial charge on any atom is 0.337 e.